The van der Waals surface area contributed by atoms with Crippen LogP contribution in [-0.2, 0) is 6.42 Å². The monoisotopic (exact) mass is 238 g/mol. The van der Waals surface area contributed by atoms with Gasteiger partial charge in [0.15, 0.2) is 0 Å². The summed E-state index contributed by atoms with van der Waals surface area (Å²) in [5.74, 6) is 0.803. The lowest BCUT2D eigenvalue weighted by molar-refractivity contribution is 0.610. The van der Waals surface area contributed by atoms with Gasteiger partial charge in [0.25, 0.3) is 0 Å². The number of halogens is 1. The van der Waals surface area contributed by atoms with Crippen molar-refractivity contribution in [1.82, 2.24) is 0 Å². The van der Waals surface area contributed by atoms with E-state index in [0.29, 0.717) is 0 Å². The molecule has 0 spiro atoms. The molecule has 0 radical (unpaired) electrons. The molecule has 0 unspecified atom stereocenters. The normalized spacial score (nSPS) is 8.88. The summed E-state index contributed by atoms with van der Waals surface area (Å²) >= 11 is 0. The zero-order valence-electron chi connectivity index (χ0n) is 12.0. The van der Waals surface area contributed by atoms with E-state index in [1.165, 1.54) is 12.5 Å². The third-order valence-corrected chi connectivity index (χ3v) is 2.52. The zero-order chi connectivity index (χ0) is 13.8. The quantitative estimate of drug-likeness (QED) is 0.592. The van der Waals surface area contributed by atoms with Crippen LogP contribution in [0.3, 0.4) is 0 Å². The van der Waals surface area contributed by atoms with Crippen LogP contribution < -0.4 is 0 Å². The predicted molar refractivity (Wildman–Crippen MR) is 76.9 cm³/mol. The van der Waals surface area contributed by atoms with E-state index in [1.54, 1.807) is 6.07 Å². The Morgan fingerprint density at radius 1 is 1.18 bits per heavy atom. The van der Waals surface area contributed by atoms with Crippen LogP contribution in [0.15, 0.2) is 31.4 Å². The summed E-state index contributed by atoms with van der Waals surface area (Å²) in [5.41, 5.74) is 1.88. The molecule has 0 aliphatic rings. The molecule has 0 aromatic heterocycles. The molecule has 0 N–H and O–H groups in total. The smallest absolute Gasteiger partial charge is 0.126 e. The third-order valence-electron chi connectivity index (χ3n) is 2.52. The van der Waals surface area contributed by atoms with E-state index in [1.807, 2.05) is 19.9 Å². The summed E-state index contributed by atoms with van der Waals surface area (Å²) in [5, 5.41) is 0. The molecule has 0 amide bonds. The average Bonchev–Trinajstić information content (AvgIpc) is 2.33. The minimum Gasteiger partial charge on any atom is -0.207 e. The van der Waals surface area contributed by atoms with Crippen molar-refractivity contribution >= 4 is 0 Å². The molecule has 98 valence electrons. The fourth-order valence-electron chi connectivity index (χ4n) is 1.11. The van der Waals surface area contributed by atoms with E-state index < -0.39 is 0 Å². The van der Waals surface area contributed by atoms with Gasteiger partial charge in [0.1, 0.15) is 5.82 Å². The third kappa shape index (κ3) is 8.67. The van der Waals surface area contributed by atoms with Crippen LogP contribution in [0.25, 0.3) is 0 Å². The van der Waals surface area contributed by atoms with Crippen molar-refractivity contribution in [2.45, 2.75) is 47.5 Å². The molecule has 1 aromatic carbocycles. The van der Waals surface area contributed by atoms with E-state index in [0.717, 1.165) is 23.5 Å². The highest BCUT2D eigenvalue weighted by Gasteiger charge is 2.00. The van der Waals surface area contributed by atoms with Gasteiger partial charge in [-0.2, -0.15) is 0 Å². The van der Waals surface area contributed by atoms with Crippen molar-refractivity contribution in [3.63, 3.8) is 0 Å². The Morgan fingerprint density at radius 2 is 1.65 bits per heavy atom. The highest BCUT2D eigenvalue weighted by molar-refractivity contribution is 5.26. The van der Waals surface area contributed by atoms with Gasteiger partial charge in [-0.3, -0.25) is 0 Å². The second-order valence-corrected chi connectivity index (χ2v) is 4.19. The molecule has 0 heterocycles. The van der Waals surface area contributed by atoms with Gasteiger partial charge in [-0.05, 0) is 36.5 Å². The molecular weight excluding hydrogens is 211 g/mol. The second kappa shape index (κ2) is 11.4. The van der Waals surface area contributed by atoms with Crippen molar-refractivity contribution in [1.29, 1.82) is 0 Å². The van der Waals surface area contributed by atoms with Gasteiger partial charge in [-0.25, -0.2) is 4.39 Å². The fraction of sp³-hybridized carbons (Fsp3) is 0.500. The van der Waals surface area contributed by atoms with Crippen LogP contribution >= 0.6 is 0 Å². The first-order chi connectivity index (χ1) is 8.02. The Hall–Kier alpha value is -1.11. The van der Waals surface area contributed by atoms with Crippen molar-refractivity contribution in [3.05, 3.63) is 48.3 Å². The SMILES string of the molecule is C=C.CCC(C)C.CCc1c(C)cccc1F. The van der Waals surface area contributed by atoms with Crippen LogP contribution in [0.2, 0.25) is 0 Å². The highest BCUT2D eigenvalue weighted by atomic mass is 19.1. The molecule has 0 aliphatic heterocycles. The lowest BCUT2D eigenvalue weighted by atomic mass is 10.1. The van der Waals surface area contributed by atoms with E-state index in [2.05, 4.69) is 33.9 Å². The molecule has 0 fully saturated rings. The van der Waals surface area contributed by atoms with Crippen molar-refractivity contribution in [2.24, 2.45) is 5.92 Å². The zero-order valence-corrected chi connectivity index (χ0v) is 12.0. The largest absolute Gasteiger partial charge is 0.207 e. The fourth-order valence-corrected chi connectivity index (χ4v) is 1.11. The Morgan fingerprint density at radius 3 is 1.88 bits per heavy atom. The number of hydrogen-bond donors (Lipinski definition) is 0. The lowest BCUT2D eigenvalue weighted by Crippen LogP contribution is -1.90. The summed E-state index contributed by atoms with van der Waals surface area (Å²) in [6.45, 7) is 16.5. The summed E-state index contributed by atoms with van der Waals surface area (Å²) < 4.78 is 12.9. The lowest BCUT2D eigenvalue weighted by Gasteiger charge is -2.01. The highest BCUT2D eigenvalue weighted by Crippen LogP contribution is 2.12. The minimum absolute atomic E-state index is 0.0810. The average molecular weight is 238 g/mol. The second-order valence-electron chi connectivity index (χ2n) is 4.19. The van der Waals surface area contributed by atoms with E-state index in [9.17, 15) is 4.39 Å². The summed E-state index contributed by atoms with van der Waals surface area (Å²) in [7, 11) is 0. The van der Waals surface area contributed by atoms with Crippen molar-refractivity contribution in [3.8, 4) is 0 Å². The van der Waals surface area contributed by atoms with Crippen LogP contribution in [0.4, 0.5) is 4.39 Å². The maximum Gasteiger partial charge on any atom is 0.126 e. The van der Waals surface area contributed by atoms with Gasteiger partial charge in [-0.1, -0.05) is 46.2 Å². The summed E-state index contributed by atoms with van der Waals surface area (Å²) in [6, 6.07) is 5.18. The van der Waals surface area contributed by atoms with Crippen LogP contribution in [-0.4, -0.2) is 0 Å². The first-order valence-electron chi connectivity index (χ1n) is 6.26. The molecule has 1 rings (SSSR count). The topological polar surface area (TPSA) is 0 Å². The maximum absolute atomic E-state index is 12.9. The van der Waals surface area contributed by atoms with Crippen LogP contribution in [0.1, 0.15) is 45.2 Å². The molecule has 0 atom stereocenters. The Bertz CT molecular complexity index is 269. The molecule has 0 bridgehead atoms. The number of hydrogen-bond acceptors (Lipinski definition) is 0. The number of rotatable bonds is 2. The molecule has 1 heteroatoms. The maximum atomic E-state index is 12.9. The van der Waals surface area contributed by atoms with Gasteiger partial charge in [0, 0.05) is 0 Å². The van der Waals surface area contributed by atoms with Gasteiger partial charge in [0.2, 0.25) is 0 Å². The van der Waals surface area contributed by atoms with Gasteiger partial charge in [0.05, 0.1) is 0 Å². The van der Waals surface area contributed by atoms with Crippen LogP contribution in [0, 0.1) is 18.7 Å². The van der Waals surface area contributed by atoms with E-state index in [-0.39, 0.29) is 5.82 Å². The molecule has 0 saturated heterocycles. The first-order valence-corrected chi connectivity index (χ1v) is 6.26. The van der Waals surface area contributed by atoms with Crippen molar-refractivity contribution < 1.29 is 4.39 Å². The van der Waals surface area contributed by atoms with E-state index in [4.69, 9.17) is 0 Å². The Balaban J connectivity index is 0. The van der Waals surface area contributed by atoms with Gasteiger partial charge >= 0.3 is 0 Å². The van der Waals surface area contributed by atoms with Crippen LogP contribution in [0.5, 0.6) is 0 Å². The van der Waals surface area contributed by atoms with Crippen molar-refractivity contribution in [2.75, 3.05) is 0 Å². The first kappa shape index (κ1) is 18.3. The molecule has 1 aromatic rings. The Labute approximate surface area is 107 Å². The molecular formula is C16H27F. The van der Waals surface area contributed by atoms with Gasteiger partial charge < -0.3 is 0 Å². The van der Waals surface area contributed by atoms with Gasteiger partial charge in [-0.15, -0.1) is 13.2 Å². The molecule has 0 saturated carbocycles. The molecule has 17 heavy (non-hydrogen) atoms. The number of aryl methyl sites for hydroxylation is 1. The Kier molecular flexibility index (Phi) is 12.2. The number of benzene rings is 1. The molecule has 0 nitrogen and oxygen atoms in total. The summed E-state index contributed by atoms with van der Waals surface area (Å²) in [4.78, 5) is 0. The predicted octanol–water partition coefficient (Wildman–Crippen LogP) is 5.55. The molecule has 0 aliphatic carbocycles. The standard InChI is InChI=1S/C9H11F.C5H12.C2H4/c1-3-8-7(2)5-4-6-9(8)10;1-4-5(2)3;1-2/h4-6H,3H2,1-2H3;5H,4H2,1-3H3;1-2H2. The van der Waals surface area contributed by atoms with E-state index >= 15 is 0 Å². The summed E-state index contributed by atoms with van der Waals surface area (Å²) in [6.07, 6.45) is 2.08. The minimum atomic E-state index is -0.0810.